The van der Waals surface area contributed by atoms with Crippen LogP contribution < -0.4 is 9.04 Å². The summed E-state index contributed by atoms with van der Waals surface area (Å²) in [5.74, 6) is 0.708. The number of amides is 1. The lowest BCUT2D eigenvalue weighted by Gasteiger charge is -2.34. The van der Waals surface area contributed by atoms with E-state index in [1.54, 1.807) is 41.3 Å². The van der Waals surface area contributed by atoms with Gasteiger partial charge in [0, 0.05) is 13.1 Å². The zero-order valence-corrected chi connectivity index (χ0v) is 22.1. The van der Waals surface area contributed by atoms with Crippen LogP contribution in [0, 0.1) is 12.8 Å². The Morgan fingerprint density at radius 2 is 1.69 bits per heavy atom. The van der Waals surface area contributed by atoms with E-state index in [0.29, 0.717) is 30.4 Å². The number of hydrogen-bond donors (Lipinski definition) is 0. The first-order valence-electron chi connectivity index (χ1n) is 12.0. The predicted octanol–water partition coefficient (Wildman–Crippen LogP) is 5.33. The molecule has 0 unspecified atom stereocenters. The van der Waals surface area contributed by atoms with E-state index in [4.69, 9.17) is 16.3 Å². The standard InChI is InChI=1S/C28H31ClN2O4S/c1-21-8-11-25(12-9-21)36(33,34)31(24-10-13-27(35-2)26(29)19-24)20-28(32)30-16-14-23(15-17-30)18-22-6-4-3-5-7-22/h3-13,19,23H,14-18,20H2,1-2H3. The molecule has 0 saturated carbocycles. The third-order valence-electron chi connectivity index (χ3n) is 6.65. The molecule has 4 rings (SSSR count). The van der Waals surface area contributed by atoms with Crippen LogP contribution >= 0.6 is 11.6 Å². The number of ether oxygens (including phenoxy) is 1. The molecule has 8 heteroatoms. The summed E-state index contributed by atoms with van der Waals surface area (Å²) in [6, 6.07) is 21.7. The summed E-state index contributed by atoms with van der Waals surface area (Å²) < 4.78 is 33.7. The molecule has 0 bridgehead atoms. The van der Waals surface area contributed by atoms with Crippen LogP contribution in [0.2, 0.25) is 5.02 Å². The fourth-order valence-corrected chi connectivity index (χ4v) is 6.18. The molecule has 1 aliphatic rings. The van der Waals surface area contributed by atoms with Crippen LogP contribution in [0.1, 0.15) is 24.0 Å². The van der Waals surface area contributed by atoms with Crippen molar-refractivity contribution in [3.8, 4) is 5.75 Å². The van der Waals surface area contributed by atoms with Crippen molar-refractivity contribution in [2.75, 3.05) is 31.0 Å². The van der Waals surface area contributed by atoms with E-state index >= 15 is 0 Å². The summed E-state index contributed by atoms with van der Waals surface area (Å²) in [6.07, 6.45) is 2.76. The molecule has 36 heavy (non-hydrogen) atoms. The molecule has 0 radical (unpaired) electrons. The molecule has 0 atom stereocenters. The van der Waals surface area contributed by atoms with E-state index < -0.39 is 10.0 Å². The van der Waals surface area contributed by atoms with Gasteiger partial charge in [-0.1, -0.05) is 59.6 Å². The van der Waals surface area contributed by atoms with Crippen molar-refractivity contribution in [1.82, 2.24) is 4.90 Å². The van der Waals surface area contributed by atoms with Gasteiger partial charge in [-0.15, -0.1) is 0 Å². The van der Waals surface area contributed by atoms with Crippen molar-refractivity contribution in [2.24, 2.45) is 5.92 Å². The van der Waals surface area contributed by atoms with Crippen molar-refractivity contribution in [3.63, 3.8) is 0 Å². The van der Waals surface area contributed by atoms with Crippen LogP contribution in [0.4, 0.5) is 5.69 Å². The first kappa shape index (κ1) is 26.0. The van der Waals surface area contributed by atoms with E-state index in [0.717, 1.165) is 29.1 Å². The van der Waals surface area contributed by atoms with E-state index in [-0.39, 0.29) is 22.4 Å². The van der Waals surface area contributed by atoms with Crippen LogP contribution in [-0.4, -0.2) is 46.0 Å². The molecule has 190 valence electrons. The number of carbonyl (C=O) groups excluding carboxylic acids is 1. The Balaban J connectivity index is 1.53. The van der Waals surface area contributed by atoms with Crippen LogP contribution in [0.25, 0.3) is 0 Å². The molecule has 1 fully saturated rings. The second-order valence-corrected chi connectivity index (χ2v) is 11.4. The van der Waals surface area contributed by atoms with Crippen LogP contribution in [0.15, 0.2) is 77.7 Å². The molecule has 3 aromatic carbocycles. The fourth-order valence-electron chi connectivity index (χ4n) is 4.52. The summed E-state index contributed by atoms with van der Waals surface area (Å²) in [4.78, 5) is 15.2. The number of sulfonamides is 1. The number of anilines is 1. The van der Waals surface area contributed by atoms with Gasteiger partial charge in [0.05, 0.1) is 22.7 Å². The van der Waals surface area contributed by atoms with Gasteiger partial charge in [-0.3, -0.25) is 9.10 Å². The number of piperidine rings is 1. The molecule has 0 aromatic heterocycles. The number of methoxy groups -OCH3 is 1. The Labute approximate surface area is 218 Å². The Bertz CT molecular complexity index is 1290. The first-order chi connectivity index (χ1) is 17.3. The summed E-state index contributed by atoms with van der Waals surface area (Å²) in [7, 11) is -2.51. The minimum absolute atomic E-state index is 0.120. The van der Waals surface area contributed by atoms with Gasteiger partial charge < -0.3 is 9.64 Å². The van der Waals surface area contributed by atoms with Crippen molar-refractivity contribution in [3.05, 3.63) is 88.9 Å². The van der Waals surface area contributed by atoms with E-state index in [1.807, 2.05) is 25.1 Å². The molecule has 1 heterocycles. The molecular weight excluding hydrogens is 496 g/mol. The molecule has 3 aromatic rings. The second kappa shape index (κ2) is 11.4. The van der Waals surface area contributed by atoms with E-state index in [2.05, 4.69) is 12.1 Å². The minimum Gasteiger partial charge on any atom is -0.495 e. The van der Waals surface area contributed by atoms with Gasteiger partial charge in [0.25, 0.3) is 10.0 Å². The maximum atomic E-state index is 13.7. The highest BCUT2D eigenvalue weighted by atomic mass is 35.5. The Morgan fingerprint density at radius 1 is 1.03 bits per heavy atom. The topological polar surface area (TPSA) is 66.9 Å². The summed E-state index contributed by atoms with van der Waals surface area (Å²) in [5, 5.41) is 0.272. The number of carbonyl (C=O) groups is 1. The molecule has 1 saturated heterocycles. The number of halogens is 1. The highest BCUT2D eigenvalue weighted by Gasteiger charge is 2.31. The van der Waals surface area contributed by atoms with Gasteiger partial charge in [0.15, 0.2) is 0 Å². The highest BCUT2D eigenvalue weighted by Crippen LogP contribution is 2.32. The van der Waals surface area contributed by atoms with Crippen LogP contribution in [-0.2, 0) is 21.2 Å². The summed E-state index contributed by atoms with van der Waals surface area (Å²) in [5.41, 5.74) is 2.56. The Hall–Kier alpha value is -3.03. The predicted molar refractivity (Wildman–Crippen MR) is 143 cm³/mol. The molecular formula is C28H31ClN2O4S. The van der Waals surface area contributed by atoms with Gasteiger partial charge in [-0.2, -0.15) is 0 Å². The Kier molecular flexibility index (Phi) is 8.21. The Morgan fingerprint density at radius 3 is 2.31 bits per heavy atom. The zero-order chi connectivity index (χ0) is 25.7. The molecule has 0 N–H and O–H groups in total. The SMILES string of the molecule is COc1ccc(N(CC(=O)N2CCC(Cc3ccccc3)CC2)S(=O)(=O)c2ccc(C)cc2)cc1Cl. The van der Waals surface area contributed by atoms with Crippen molar-refractivity contribution in [1.29, 1.82) is 0 Å². The third-order valence-corrected chi connectivity index (χ3v) is 8.73. The maximum absolute atomic E-state index is 13.7. The van der Waals surface area contributed by atoms with Gasteiger partial charge in [0.1, 0.15) is 12.3 Å². The zero-order valence-electron chi connectivity index (χ0n) is 20.6. The van der Waals surface area contributed by atoms with Gasteiger partial charge in [-0.25, -0.2) is 8.42 Å². The lowest BCUT2D eigenvalue weighted by molar-refractivity contribution is -0.130. The highest BCUT2D eigenvalue weighted by molar-refractivity contribution is 7.92. The smallest absolute Gasteiger partial charge is 0.264 e. The third kappa shape index (κ3) is 6.02. The number of aryl methyl sites for hydroxylation is 1. The quantitative estimate of drug-likeness (QED) is 0.397. The van der Waals surface area contributed by atoms with E-state index in [1.165, 1.54) is 18.7 Å². The second-order valence-electron chi connectivity index (χ2n) is 9.16. The number of nitrogens with zero attached hydrogens (tertiary/aromatic N) is 2. The molecule has 0 aliphatic carbocycles. The average molecular weight is 527 g/mol. The van der Waals surface area contributed by atoms with Crippen LogP contribution in [0.5, 0.6) is 5.75 Å². The molecule has 6 nitrogen and oxygen atoms in total. The van der Waals surface area contributed by atoms with Gasteiger partial charge >= 0.3 is 0 Å². The number of rotatable bonds is 8. The molecule has 1 amide bonds. The molecule has 0 spiro atoms. The largest absolute Gasteiger partial charge is 0.495 e. The van der Waals surface area contributed by atoms with Crippen molar-refractivity contribution < 1.29 is 17.9 Å². The lowest BCUT2D eigenvalue weighted by Crippen LogP contribution is -2.46. The summed E-state index contributed by atoms with van der Waals surface area (Å²) >= 11 is 6.32. The van der Waals surface area contributed by atoms with E-state index in [9.17, 15) is 13.2 Å². The number of hydrogen-bond acceptors (Lipinski definition) is 4. The lowest BCUT2D eigenvalue weighted by atomic mass is 9.90. The van der Waals surface area contributed by atoms with Crippen molar-refractivity contribution in [2.45, 2.75) is 31.1 Å². The normalized spacial score (nSPS) is 14.5. The monoisotopic (exact) mass is 526 g/mol. The number of benzene rings is 3. The average Bonchev–Trinajstić information content (AvgIpc) is 2.88. The minimum atomic E-state index is -4.01. The first-order valence-corrected chi connectivity index (χ1v) is 13.8. The number of likely N-dealkylation sites (tertiary alicyclic amines) is 1. The molecule has 1 aliphatic heterocycles. The van der Waals surface area contributed by atoms with Crippen LogP contribution in [0.3, 0.4) is 0 Å². The van der Waals surface area contributed by atoms with Gasteiger partial charge in [0.2, 0.25) is 5.91 Å². The fraction of sp³-hybridized carbons (Fsp3) is 0.321. The maximum Gasteiger partial charge on any atom is 0.264 e. The van der Waals surface area contributed by atoms with Crippen molar-refractivity contribution >= 4 is 33.2 Å². The van der Waals surface area contributed by atoms with Gasteiger partial charge in [-0.05, 0) is 68.0 Å². The summed E-state index contributed by atoms with van der Waals surface area (Å²) in [6.45, 7) is 2.81.